The molecule has 1 heterocycles. The molecule has 0 saturated heterocycles. The van der Waals surface area contributed by atoms with Crippen LogP contribution in [0.3, 0.4) is 0 Å². The maximum atomic E-state index is 13.7. The summed E-state index contributed by atoms with van der Waals surface area (Å²) in [5.74, 6) is -0.366. The Balaban J connectivity index is 0.00000208. The van der Waals surface area contributed by atoms with Crippen molar-refractivity contribution in [2.45, 2.75) is 38.4 Å². The third-order valence-corrected chi connectivity index (χ3v) is 5.47. The zero-order valence-corrected chi connectivity index (χ0v) is 15.2. The van der Waals surface area contributed by atoms with Crippen LogP contribution in [0.4, 0.5) is 4.39 Å². The Morgan fingerprint density at radius 1 is 1.08 bits per heavy atom. The number of fused-ring (bicyclic) bond motifs is 1. The summed E-state index contributed by atoms with van der Waals surface area (Å²) in [6.45, 7) is 5.01. The highest BCUT2D eigenvalue weighted by Gasteiger charge is 2.17. The molecule has 0 aliphatic carbocycles. The molecule has 0 radical (unpaired) electrons. The number of halogens is 2. The second kappa shape index (κ2) is 7.19. The van der Waals surface area contributed by atoms with Gasteiger partial charge in [0, 0.05) is 19.6 Å². The van der Waals surface area contributed by atoms with Crippen molar-refractivity contribution in [3.05, 3.63) is 64.0 Å². The number of aryl methyl sites for hydroxylation is 2. The van der Waals surface area contributed by atoms with Crippen LogP contribution < -0.4 is 10.0 Å². The summed E-state index contributed by atoms with van der Waals surface area (Å²) in [6, 6.07) is 8.67. The van der Waals surface area contributed by atoms with Crippen molar-refractivity contribution < 1.29 is 12.8 Å². The van der Waals surface area contributed by atoms with Crippen molar-refractivity contribution in [1.29, 1.82) is 0 Å². The fourth-order valence-electron chi connectivity index (χ4n) is 2.78. The summed E-state index contributed by atoms with van der Waals surface area (Å²) >= 11 is 0. The molecule has 4 nitrogen and oxygen atoms in total. The van der Waals surface area contributed by atoms with Gasteiger partial charge in [0.25, 0.3) is 0 Å². The van der Waals surface area contributed by atoms with Crippen LogP contribution in [0.2, 0.25) is 0 Å². The summed E-state index contributed by atoms with van der Waals surface area (Å²) in [5, 5.41) is 3.26. The van der Waals surface area contributed by atoms with E-state index >= 15 is 0 Å². The predicted molar refractivity (Wildman–Crippen MR) is 94.1 cm³/mol. The summed E-state index contributed by atoms with van der Waals surface area (Å²) in [7, 11) is -3.67. The summed E-state index contributed by atoms with van der Waals surface area (Å²) in [4.78, 5) is 0.0942. The first-order valence-corrected chi connectivity index (χ1v) is 8.93. The average molecular weight is 371 g/mol. The fraction of sp³-hybridized carbons (Fsp3) is 0.294. The molecule has 2 N–H and O–H groups in total. The summed E-state index contributed by atoms with van der Waals surface area (Å²) in [6.07, 6.45) is 0. The van der Waals surface area contributed by atoms with Crippen LogP contribution in [0.25, 0.3) is 0 Å². The van der Waals surface area contributed by atoms with Crippen molar-refractivity contribution in [3.63, 3.8) is 0 Å². The van der Waals surface area contributed by atoms with Gasteiger partial charge in [-0.25, -0.2) is 17.5 Å². The van der Waals surface area contributed by atoms with E-state index < -0.39 is 10.0 Å². The van der Waals surface area contributed by atoms with E-state index in [1.807, 2.05) is 18.2 Å². The van der Waals surface area contributed by atoms with Crippen LogP contribution in [0, 0.1) is 19.7 Å². The van der Waals surface area contributed by atoms with Crippen molar-refractivity contribution >= 4 is 22.4 Å². The minimum atomic E-state index is -3.67. The second-order valence-electron chi connectivity index (χ2n) is 5.90. The largest absolute Gasteiger partial charge is 0.309 e. The SMILES string of the molecule is Cc1cc(S(=O)(=O)NCc2ccc3c(c2)CNC3)cc(C)c1F.Cl. The van der Waals surface area contributed by atoms with Crippen LogP contribution in [0.5, 0.6) is 0 Å². The Morgan fingerprint density at radius 3 is 2.38 bits per heavy atom. The van der Waals surface area contributed by atoms with Gasteiger partial charge >= 0.3 is 0 Å². The molecule has 2 aromatic rings. The maximum absolute atomic E-state index is 13.7. The highest BCUT2D eigenvalue weighted by Crippen LogP contribution is 2.20. The standard InChI is InChI=1S/C17H19FN2O2S.ClH/c1-11-5-16(6-12(2)17(11)18)23(21,22)20-8-13-3-4-14-9-19-10-15(14)7-13;/h3-7,19-20H,8-10H2,1-2H3;1H. The molecule has 2 aromatic carbocycles. The molecule has 0 atom stereocenters. The van der Waals surface area contributed by atoms with Crippen molar-refractivity contribution in [2.75, 3.05) is 0 Å². The van der Waals surface area contributed by atoms with E-state index in [1.165, 1.54) is 23.3 Å². The minimum Gasteiger partial charge on any atom is -0.309 e. The Bertz CT molecular complexity index is 846. The van der Waals surface area contributed by atoms with Crippen LogP contribution in [0.1, 0.15) is 27.8 Å². The van der Waals surface area contributed by atoms with Crippen LogP contribution in [0.15, 0.2) is 35.2 Å². The van der Waals surface area contributed by atoms with Gasteiger partial charge in [-0.05, 0) is 53.8 Å². The molecule has 0 bridgehead atoms. The third-order valence-electron chi connectivity index (χ3n) is 4.09. The lowest BCUT2D eigenvalue weighted by atomic mass is 10.1. The van der Waals surface area contributed by atoms with Gasteiger partial charge in [0.2, 0.25) is 10.0 Å². The van der Waals surface area contributed by atoms with Crippen molar-refractivity contribution in [3.8, 4) is 0 Å². The van der Waals surface area contributed by atoms with Crippen molar-refractivity contribution in [2.24, 2.45) is 0 Å². The van der Waals surface area contributed by atoms with Gasteiger partial charge in [-0.15, -0.1) is 12.4 Å². The Kier molecular flexibility index (Phi) is 5.65. The van der Waals surface area contributed by atoms with Gasteiger partial charge in [-0.3, -0.25) is 0 Å². The summed E-state index contributed by atoms with van der Waals surface area (Å²) < 4.78 is 41.1. The number of nitrogens with one attached hydrogen (secondary N) is 2. The quantitative estimate of drug-likeness (QED) is 0.870. The zero-order valence-electron chi connectivity index (χ0n) is 13.5. The third kappa shape index (κ3) is 3.78. The lowest BCUT2D eigenvalue weighted by molar-refractivity contribution is 0.578. The molecule has 1 aliphatic rings. The molecule has 0 aromatic heterocycles. The molecule has 0 unspecified atom stereocenters. The molecule has 24 heavy (non-hydrogen) atoms. The van der Waals surface area contributed by atoms with Gasteiger partial charge < -0.3 is 5.32 Å². The number of benzene rings is 2. The lowest BCUT2D eigenvalue weighted by Gasteiger charge is -2.10. The molecule has 0 spiro atoms. The summed E-state index contributed by atoms with van der Waals surface area (Å²) in [5.41, 5.74) is 4.02. The highest BCUT2D eigenvalue weighted by atomic mass is 35.5. The van der Waals surface area contributed by atoms with Gasteiger partial charge in [0.15, 0.2) is 0 Å². The molecule has 0 saturated carbocycles. The van der Waals surface area contributed by atoms with E-state index in [9.17, 15) is 12.8 Å². The molecule has 7 heteroatoms. The zero-order chi connectivity index (χ0) is 16.6. The Hall–Kier alpha value is -1.47. The van der Waals surface area contributed by atoms with Crippen LogP contribution in [-0.4, -0.2) is 8.42 Å². The highest BCUT2D eigenvalue weighted by molar-refractivity contribution is 7.89. The van der Waals surface area contributed by atoms with E-state index in [-0.39, 0.29) is 29.7 Å². The second-order valence-corrected chi connectivity index (χ2v) is 7.67. The molecular formula is C17H20ClFN2O2S. The van der Waals surface area contributed by atoms with Gasteiger partial charge in [0.05, 0.1) is 4.90 Å². The number of sulfonamides is 1. The van der Waals surface area contributed by atoms with E-state index in [2.05, 4.69) is 10.0 Å². The monoisotopic (exact) mass is 370 g/mol. The van der Waals surface area contributed by atoms with Crippen LogP contribution >= 0.6 is 12.4 Å². The van der Waals surface area contributed by atoms with E-state index in [4.69, 9.17) is 0 Å². The Labute approximate surface area is 147 Å². The topological polar surface area (TPSA) is 58.2 Å². The first-order chi connectivity index (χ1) is 10.9. The fourth-order valence-corrected chi connectivity index (χ4v) is 3.97. The predicted octanol–water partition coefficient (Wildman–Crippen LogP) is 2.95. The minimum absolute atomic E-state index is 0. The Morgan fingerprint density at radius 2 is 1.71 bits per heavy atom. The molecule has 0 fully saturated rings. The van der Waals surface area contributed by atoms with Gasteiger partial charge in [0.1, 0.15) is 5.82 Å². The molecular weight excluding hydrogens is 351 g/mol. The van der Waals surface area contributed by atoms with Crippen LogP contribution in [-0.2, 0) is 29.7 Å². The first-order valence-electron chi connectivity index (χ1n) is 7.44. The smallest absolute Gasteiger partial charge is 0.240 e. The average Bonchev–Trinajstić information content (AvgIpc) is 2.97. The first kappa shape index (κ1) is 18.9. The van der Waals surface area contributed by atoms with Gasteiger partial charge in [-0.1, -0.05) is 18.2 Å². The molecule has 0 amide bonds. The van der Waals surface area contributed by atoms with E-state index in [0.29, 0.717) is 11.1 Å². The number of hydrogen-bond acceptors (Lipinski definition) is 3. The molecule has 1 aliphatic heterocycles. The number of hydrogen-bond donors (Lipinski definition) is 2. The van der Waals surface area contributed by atoms with Crippen molar-refractivity contribution in [1.82, 2.24) is 10.0 Å². The molecule has 130 valence electrons. The lowest BCUT2D eigenvalue weighted by Crippen LogP contribution is -2.23. The number of rotatable bonds is 4. The maximum Gasteiger partial charge on any atom is 0.240 e. The normalized spacial score (nSPS) is 13.5. The van der Waals surface area contributed by atoms with Gasteiger partial charge in [-0.2, -0.15) is 0 Å². The van der Waals surface area contributed by atoms with E-state index in [0.717, 1.165) is 18.7 Å². The molecule has 3 rings (SSSR count). The van der Waals surface area contributed by atoms with E-state index in [1.54, 1.807) is 13.8 Å².